The largest absolute Gasteiger partial charge is 0.454 e. The van der Waals surface area contributed by atoms with Crippen molar-refractivity contribution >= 4 is 5.91 Å². The Hall–Kier alpha value is -3.32. The number of amides is 1. The van der Waals surface area contributed by atoms with E-state index in [2.05, 4.69) is 10.5 Å². The van der Waals surface area contributed by atoms with Crippen LogP contribution in [0.1, 0.15) is 24.2 Å². The fourth-order valence-corrected chi connectivity index (χ4v) is 2.92. The van der Waals surface area contributed by atoms with Gasteiger partial charge in [0.2, 0.25) is 12.7 Å². The van der Waals surface area contributed by atoms with Crippen molar-refractivity contribution in [1.82, 2.24) is 10.5 Å². The molecule has 0 saturated carbocycles. The highest BCUT2D eigenvalue weighted by atomic mass is 16.7. The van der Waals surface area contributed by atoms with Crippen LogP contribution in [-0.4, -0.2) is 24.5 Å². The number of hydrogen-bond acceptors (Lipinski definition) is 6. The molecule has 4 rings (SSSR count). The molecule has 0 spiro atoms. The Balaban J connectivity index is 1.27. The summed E-state index contributed by atoms with van der Waals surface area (Å²) in [6.45, 7) is 2.28. The van der Waals surface area contributed by atoms with Crippen molar-refractivity contribution in [1.29, 1.82) is 0 Å². The van der Waals surface area contributed by atoms with E-state index in [1.807, 2.05) is 55.5 Å². The number of carbonyl (C=O) groups excluding carboxylic acids is 1. The summed E-state index contributed by atoms with van der Waals surface area (Å²) in [7, 11) is 0. The Morgan fingerprint density at radius 1 is 1.14 bits per heavy atom. The summed E-state index contributed by atoms with van der Waals surface area (Å²) in [4.78, 5) is 12.0. The van der Waals surface area contributed by atoms with Gasteiger partial charge in [-0.25, -0.2) is 0 Å². The topological polar surface area (TPSA) is 82.8 Å². The molecule has 0 aliphatic carbocycles. The molecule has 0 saturated heterocycles. The smallest absolute Gasteiger partial charge is 0.246 e. The second-order valence-corrected chi connectivity index (χ2v) is 6.44. The first kappa shape index (κ1) is 18.1. The summed E-state index contributed by atoms with van der Waals surface area (Å²) in [5.74, 6) is 1.80. The monoisotopic (exact) mass is 380 g/mol. The molecule has 1 aliphatic heterocycles. The molecule has 7 nitrogen and oxygen atoms in total. The molecule has 0 bridgehead atoms. The first-order valence-electron chi connectivity index (χ1n) is 8.97. The Kier molecular flexibility index (Phi) is 5.25. The number of benzene rings is 2. The van der Waals surface area contributed by atoms with Gasteiger partial charge < -0.3 is 24.1 Å². The number of aromatic nitrogens is 1. The van der Waals surface area contributed by atoms with Crippen LogP contribution in [0, 0.1) is 0 Å². The molecule has 28 heavy (non-hydrogen) atoms. The van der Waals surface area contributed by atoms with Gasteiger partial charge in [0.15, 0.2) is 17.3 Å². The molecule has 7 heteroatoms. The maximum atomic E-state index is 12.0. The van der Waals surface area contributed by atoms with Gasteiger partial charge in [0.1, 0.15) is 12.3 Å². The molecule has 144 valence electrons. The normalized spacial score (nSPS) is 13.3. The molecule has 0 unspecified atom stereocenters. The summed E-state index contributed by atoms with van der Waals surface area (Å²) in [6, 6.07) is 17.0. The minimum Gasteiger partial charge on any atom is -0.454 e. The summed E-state index contributed by atoms with van der Waals surface area (Å²) in [5, 5.41) is 6.89. The van der Waals surface area contributed by atoms with Crippen molar-refractivity contribution in [2.45, 2.75) is 19.6 Å². The Morgan fingerprint density at radius 2 is 1.96 bits per heavy atom. The van der Waals surface area contributed by atoms with Crippen LogP contribution in [0.2, 0.25) is 0 Å². The molecular formula is C21H20N2O5. The maximum absolute atomic E-state index is 12.0. The van der Waals surface area contributed by atoms with E-state index in [1.54, 1.807) is 6.07 Å². The fraction of sp³-hybridized carbons (Fsp3) is 0.238. The molecule has 0 fully saturated rings. The summed E-state index contributed by atoms with van der Waals surface area (Å²) >= 11 is 0. The number of rotatable bonds is 7. The van der Waals surface area contributed by atoms with Gasteiger partial charge in [0, 0.05) is 11.6 Å². The van der Waals surface area contributed by atoms with Crippen molar-refractivity contribution < 1.29 is 23.5 Å². The van der Waals surface area contributed by atoms with Crippen LogP contribution in [0.15, 0.2) is 59.1 Å². The van der Waals surface area contributed by atoms with Crippen LogP contribution in [0.4, 0.5) is 0 Å². The quantitative estimate of drug-likeness (QED) is 0.676. The molecule has 3 aromatic rings. The average molecular weight is 380 g/mol. The second-order valence-electron chi connectivity index (χ2n) is 6.44. The maximum Gasteiger partial charge on any atom is 0.246 e. The van der Waals surface area contributed by atoms with Crippen LogP contribution >= 0.6 is 0 Å². The number of nitrogens with zero attached hydrogens (tertiary/aromatic N) is 1. The van der Waals surface area contributed by atoms with Gasteiger partial charge >= 0.3 is 0 Å². The summed E-state index contributed by atoms with van der Waals surface area (Å²) in [6.07, 6.45) is 0. The predicted molar refractivity (Wildman–Crippen MR) is 101 cm³/mol. The molecular weight excluding hydrogens is 360 g/mol. The van der Waals surface area contributed by atoms with Gasteiger partial charge in [-0.2, -0.15) is 0 Å². The van der Waals surface area contributed by atoms with Gasteiger partial charge in [0.05, 0.1) is 12.6 Å². The second kappa shape index (κ2) is 8.14. The highest BCUT2D eigenvalue weighted by molar-refractivity contribution is 5.77. The van der Waals surface area contributed by atoms with Crippen LogP contribution < -0.4 is 14.8 Å². The molecule has 2 aromatic carbocycles. The molecule has 1 amide bonds. The van der Waals surface area contributed by atoms with Crippen LogP contribution in [0.25, 0.3) is 11.3 Å². The van der Waals surface area contributed by atoms with Crippen molar-refractivity contribution in [3.8, 4) is 22.8 Å². The molecule has 1 N–H and O–H groups in total. The lowest BCUT2D eigenvalue weighted by atomic mass is 10.1. The minimum absolute atomic E-state index is 0.0522. The standard InChI is InChI=1S/C21H20N2O5/c1-14(15-5-3-2-4-6-15)22-21(24)12-25-11-17-10-19(28-23-17)16-7-8-18-20(9-16)27-13-26-18/h2-10,14H,11-13H2,1H3,(H,22,24)/t14-/m1/s1. The van der Waals surface area contributed by atoms with Crippen LogP contribution in [-0.2, 0) is 16.1 Å². The van der Waals surface area contributed by atoms with E-state index in [0.29, 0.717) is 23.0 Å². The predicted octanol–water partition coefficient (Wildman–Crippen LogP) is 3.46. The number of hydrogen-bond donors (Lipinski definition) is 1. The number of fused-ring (bicyclic) bond motifs is 1. The van der Waals surface area contributed by atoms with Crippen molar-refractivity contribution in [2.75, 3.05) is 13.4 Å². The third kappa shape index (κ3) is 4.15. The van der Waals surface area contributed by atoms with E-state index >= 15 is 0 Å². The van der Waals surface area contributed by atoms with Crippen molar-refractivity contribution in [2.24, 2.45) is 0 Å². The number of nitrogens with one attached hydrogen (secondary N) is 1. The summed E-state index contributed by atoms with van der Waals surface area (Å²) in [5.41, 5.74) is 2.48. The molecule has 1 aromatic heterocycles. The van der Waals surface area contributed by atoms with E-state index in [-0.39, 0.29) is 32.0 Å². The third-order valence-corrected chi connectivity index (χ3v) is 4.38. The van der Waals surface area contributed by atoms with E-state index in [0.717, 1.165) is 11.1 Å². The Labute approximate surface area is 162 Å². The highest BCUT2D eigenvalue weighted by Gasteiger charge is 2.16. The lowest BCUT2D eigenvalue weighted by Gasteiger charge is -2.14. The third-order valence-electron chi connectivity index (χ3n) is 4.38. The molecule has 2 heterocycles. The van der Waals surface area contributed by atoms with Gasteiger partial charge in [0.25, 0.3) is 0 Å². The Morgan fingerprint density at radius 3 is 2.82 bits per heavy atom. The van der Waals surface area contributed by atoms with E-state index in [9.17, 15) is 4.79 Å². The zero-order valence-corrected chi connectivity index (χ0v) is 15.4. The molecule has 1 atom stereocenters. The average Bonchev–Trinajstić information content (AvgIpc) is 3.37. The zero-order valence-electron chi connectivity index (χ0n) is 15.4. The lowest BCUT2D eigenvalue weighted by molar-refractivity contribution is -0.126. The highest BCUT2D eigenvalue weighted by Crippen LogP contribution is 2.36. The number of carbonyl (C=O) groups is 1. The lowest BCUT2D eigenvalue weighted by Crippen LogP contribution is -2.30. The van der Waals surface area contributed by atoms with Gasteiger partial charge in [-0.3, -0.25) is 4.79 Å². The van der Waals surface area contributed by atoms with E-state index in [1.165, 1.54) is 0 Å². The van der Waals surface area contributed by atoms with Crippen molar-refractivity contribution in [3.63, 3.8) is 0 Å². The first-order chi connectivity index (χ1) is 13.7. The van der Waals surface area contributed by atoms with E-state index in [4.69, 9.17) is 18.7 Å². The van der Waals surface area contributed by atoms with Crippen LogP contribution in [0.5, 0.6) is 11.5 Å². The van der Waals surface area contributed by atoms with Crippen LogP contribution in [0.3, 0.4) is 0 Å². The molecule has 1 aliphatic rings. The Bertz CT molecular complexity index is 954. The first-order valence-corrected chi connectivity index (χ1v) is 8.97. The van der Waals surface area contributed by atoms with Gasteiger partial charge in [-0.05, 0) is 30.7 Å². The fourth-order valence-electron chi connectivity index (χ4n) is 2.92. The van der Waals surface area contributed by atoms with Gasteiger partial charge in [-0.15, -0.1) is 0 Å². The van der Waals surface area contributed by atoms with E-state index < -0.39 is 0 Å². The van der Waals surface area contributed by atoms with Gasteiger partial charge in [-0.1, -0.05) is 35.5 Å². The minimum atomic E-state index is -0.184. The number of ether oxygens (including phenoxy) is 3. The van der Waals surface area contributed by atoms with Crippen molar-refractivity contribution in [3.05, 3.63) is 65.9 Å². The summed E-state index contributed by atoms with van der Waals surface area (Å²) < 4.78 is 21.5. The molecule has 0 radical (unpaired) electrons. The SMILES string of the molecule is C[C@@H](NC(=O)COCc1cc(-c2ccc3c(c2)OCO3)on1)c1ccccc1. The zero-order chi connectivity index (χ0) is 19.3.